The Bertz CT molecular complexity index is 1890. The van der Waals surface area contributed by atoms with Crippen LogP contribution in [0.2, 0.25) is 0 Å². The van der Waals surface area contributed by atoms with E-state index in [1.54, 1.807) is 0 Å². The molecule has 6 N–H and O–H groups in total. The highest BCUT2D eigenvalue weighted by molar-refractivity contribution is 7.52. The van der Waals surface area contributed by atoms with Gasteiger partial charge in [-0.25, -0.2) is 24.3 Å². The second kappa shape index (κ2) is 11.4. The molecular formula is C22H27FN10O10P2. The number of H-pyrrole nitrogens is 1. The number of nitrogens with zero attached hydrogens (tertiary/aromatic N) is 7. The SMILES string of the molecule is COC1C2CO[PH](=O)OC3C(CCP(=O)(O)OC1C(n1cnc4c(=O)[nH]c(N)nc41)O2)OC(n1cnc2c(N)ncnc21)C3F. The predicted molar refractivity (Wildman–Crippen MR) is 150 cm³/mol. The molecule has 23 heteroatoms. The number of rotatable bonds is 3. The van der Waals surface area contributed by atoms with Gasteiger partial charge in [-0.05, 0) is 6.42 Å². The number of aromatic amines is 1. The molecule has 0 aliphatic carbocycles. The molecule has 3 fully saturated rings. The third-order valence-corrected chi connectivity index (χ3v) is 10.1. The molecular weight excluding hydrogens is 645 g/mol. The monoisotopic (exact) mass is 672 g/mol. The molecule has 0 saturated carbocycles. The van der Waals surface area contributed by atoms with Crippen LogP contribution in [0.15, 0.2) is 23.8 Å². The summed E-state index contributed by atoms with van der Waals surface area (Å²) in [5.41, 5.74) is 11.3. The summed E-state index contributed by atoms with van der Waals surface area (Å²) in [6.07, 6.45) is -7.59. The number of hydrogen-bond acceptors (Lipinski definition) is 16. The van der Waals surface area contributed by atoms with Crippen LogP contribution in [0.4, 0.5) is 16.2 Å². The van der Waals surface area contributed by atoms with E-state index in [-0.39, 0.29) is 40.5 Å². The number of anilines is 2. The van der Waals surface area contributed by atoms with Crippen molar-refractivity contribution in [2.24, 2.45) is 0 Å². The van der Waals surface area contributed by atoms with Gasteiger partial charge in [0.15, 0.2) is 41.3 Å². The summed E-state index contributed by atoms with van der Waals surface area (Å²) in [6.45, 7) is -0.411. The lowest BCUT2D eigenvalue weighted by Gasteiger charge is -2.26. The molecule has 4 aromatic heterocycles. The number of imidazole rings is 2. The van der Waals surface area contributed by atoms with E-state index in [1.165, 1.54) is 35.2 Å². The number of nitrogens with two attached hydrogens (primary N) is 2. The molecule has 10 unspecified atom stereocenters. The minimum absolute atomic E-state index is 0.0124. The Hall–Kier alpha value is -3.39. The minimum atomic E-state index is -4.51. The van der Waals surface area contributed by atoms with Gasteiger partial charge in [0, 0.05) is 7.11 Å². The highest BCUT2D eigenvalue weighted by Crippen LogP contribution is 2.52. The average Bonchev–Trinajstić information content (AvgIpc) is 3.75. The first-order valence-electron chi connectivity index (χ1n) is 13.5. The fourth-order valence-electron chi connectivity index (χ4n) is 5.77. The molecule has 3 aliphatic rings. The number of ether oxygens (including phenoxy) is 3. The second-order valence-electron chi connectivity index (χ2n) is 10.5. The Labute approximate surface area is 251 Å². The maximum Gasteiger partial charge on any atom is 0.328 e. The molecule has 7 rings (SSSR count). The molecule has 0 radical (unpaired) electrons. The number of nitrogens with one attached hydrogen (secondary N) is 1. The van der Waals surface area contributed by atoms with Gasteiger partial charge >= 0.3 is 15.9 Å². The van der Waals surface area contributed by atoms with Crippen LogP contribution in [0.25, 0.3) is 22.3 Å². The van der Waals surface area contributed by atoms with E-state index in [1.807, 2.05) is 0 Å². The Morgan fingerprint density at radius 2 is 1.82 bits per heavy atom. The van der Waals surface area contributed by atoms with Crippen LogP contribution in [0.1, 0.15) is 18.9 Å². The largest absolute Gasteiger partial charge is 0.382 e. The van der Waals surface area contributed by atoms with E-state index < -0.39 is 83.3 Å². The summed E-state index contributed by atoms with van der Waals surface area (Å²) in [5, 5.41) is 0. The number of hydrogen-bond donors (Lipinski definition) is 4. The van der Waals surface area contributed by atoms with Crippen LogP contribution in [0.3, 0.4) is 0 Å². The fraction of sp³-hybridized carbons (Fsp3) is 0.545. The number of halogens is 1. The Morgan fingerprint density at radius 3 is 2.60 bits per heavy atom. The van der Waals surface area contributed by atoms with Gasteiger partial charge in [-0.15, -0.1) is 0 Å². The first kappa shape index (κ1) is 30.3. The van der Waals surface area contributed by atoms with Gasteiger partial charge in [0.1, 0.15) is 36.3 Å². The lowest BCUT2D eigenvalue weighted by atomic mass is 10.1. The van der Waals surface area contributed by atoms with Gasteiger partial charge in [-0.1, -0.05) is 0 Å². The van der Waals surface area contributed by atoms with E-state index in [4.69, 9.17) is 39.2 Å². The van der Waals surface area contributed by atoms with Crippen LogP contribution in [0, 0.1) is 0 Å². The van der Waals surface area contributed by atoms with Crippen molar-refractivity contribution in [3.05, 3.63) is 29.3 Å². The lowest BCUT2D eigenvalue weighted by Crippen LogP contribution is -2.37. The molecule has 7 heterocycles. The summed E-state index contributed by atoms with van der Waals surface area (Å²) < 4.78 is 79.5. The summed E-state index contributed by atoms with van der Waals surface area (Å²) in [5.74, 6) is -0.129. The van der Waals surface area contributed by atoms with Gasteiger partial charge < -0.3 is 39.6 Å². The quantitative estimate of drug-likeness (QED) is 0.209. The Morgan fingerprint density at radius 1 is 1.09 bits per heavy atom. The summed E-state index contributed by atoms with van der Waals surface area (Å²) in [4.78, 5) is 46.0. The van der Waals surface area contributed by atoms with Crippen LogP contribution in [-0.2, 0) is 36.9 Å². The summed E-state index contributed by atoms with van der Waals surface area (Å²) in [6, 6.07) is 0. The standard InChI is InChI=1S/C22H27FN10O10P2/c1-38-14-9-4-39-44(35)42-13-8(40-20(10(13)23)32-6-28-11-16(24)26-5-27-17(11)32)2-3-45(36,37)43-15(14)21(41-9)33-7-29-12-18(33)30-22(25)31-19(12)34/h5-10,13-15,20-21,44H,2-4H2,1H3,(H,36,37)(H2,24,26,27)(H3,25,30,31,34). The second-order valence-corrected chi connectivity index (χ2v) is 13.5. The zero-order chi connectivity index (χ0) is 31.6. The molecule has 10 atom stereocenters. The first-order chi connectivity index (χ1) is 21.5. The van der Waals surface area contributed by atoms with Crippen molar-refractivity contribution in [2.75, 3.05) is 31.3 Å². The molecule has 45 heavy (non-hydrogen) atoms. The number of alkyl halides is 1. The van der Waals surface area contributed by atoms with Crippen molar-refractivity contribution >= 4 is 49.9 Å². The molecule has 0 amide bonds. The molecule has 3 saturated heterocycles. The van der Waals surface area contributed by atoms with E-state index in [0.29, 0.717) is 0 Å². The summed E-state index contributed by atoms with van der Waals surface area (Å²) in [7, 11) is -6.59. The zero-order valence-corrected chi connectivity index (χ0v) is 25.1. The molecule has 3 aliphatic heterocycles. The van der Waals surface area contributed by atoms with Gasteiger partial charge in [0.05, 0.1) is 31.5 Å². The highest BCUT2D eigenvalue weighted by Gasteiger charge is 2.53. The van der Waals surface area contributed by atoms with Gasteiger partial charge in [-0.2, -0.15) is 4.98 Å². The van der Waals surface area contributed by atoms with E-state index in [0.717, 1.165) is 0 Å². The van der Waals surface area contributed by atoms with Crippen LogP contribution >= 0.6 is 15.9 Å². The third kappa shape index (κ3) is 5.33. The topological polar surface area (TPSA) is 269 Å². The van der Waals surface area contributed by atoms with Crippen LogP contribution in [-0.4, -0.2) is 101 Å². The van der Waals surface area contributed by atoms with E-state index >= 15 is 4.39 Å². The molecule has 20 nitrogen and oxygen atoms in total. The van der Waals surface area contributed by atoms with Crippen LogP contribution in [0.5, 0.6) is 0 Å². The van der Waals surface area contributed by atoms with Crippen LogP contribution < -0.4 is 17.0 Å². The smallest absolute Gasteiger partial charge is 0.328 e. The third-order valence-electron chi connectivity index (χ3n) is 7.79. The zero-order valence-electron chi connectivity index (χ0n) is 23.2. The molecule has 0 aromatic carbocycles. The molecule has 242 valence electrons. The number of fused-ring (bicyclic) bond motifs is 5. The minimum Gasteiger partial charge on any atom is -0.382 e. The normalized spacial score (nSPS) is 36.0. The van der Waals surface area contributed by atoms with Crippen molar-refractivity contribution in [3.8, 4) is 0 Å². The fourth-order valence-corrected chi connectivity index (χ4v) is 7.93. The molecule has 0 spiro atoms. The van der Waals surface area contributed by atoms with Crippen molar-refractivity contribution < 1.29 is 46.2 Å². The first-order valence-corrected chi connectivity index (χ1v) is 16.5. The summed E-state index contributed by atoms with van der Waals surface area (Å²) >= 11 is 0. The van der Waals surface area contributed by atoms with Gasteiger partial charge in [0.25, 0.3) is 5.56 Å². The van der Waals surface area contributed by atoms with Gasteiger partial charge in [0.2, 0.25) is 5.95 Å². The van der Waals surface area contributed by atoms with Gasteiger partial charge in [-0.3, -0.25) is 32.6 Å². The maximum absolute atomic E-state index is 15.9. The number of nitrogen functional groups attached to an aromatic ring is 2. The number of methoxy groups -OCH3 is 1. The average molecular weight is 672 g/mol. The lowest BCUT2D eigenvalue weighted by molar-refractivity contribution is -0.0519. The van der Waals surface area contributed by atoms with E-state index in [9.17, 15) is 18.8 Å². The van der Waals surface area contributed by atoms with Crippen molar-refractivity contribution in [3.63, 3.8) is 0 Å². The number of aromatic nitrogens is 8. The van der Waals surface area contributed by atoms with Crippen molar-refractivity contribution in [1.29, 1.82) is 0 Å². The van der Waals surface area contributed by atoms with E-state index in [2.05, 4.69) is 29.9 Å². The van der Waals surface area contributed by atoms with Crippen molar-refractivity contribution in [1.82, 2.24) is 39.0 Å². The Kier molecular flexibility index (Phi) is 7.70. The highest BCUT2D eigenvalue weighted by atomic mass is 31.2. The predicted octanol–water partition coefficient (Wildman–Crippen LogP) is 0.0376. The van der Waals surface area contributed by atoms with Crippen molar-refractivity contribution in [2.45, 2.75) is 55.6 Å². The molecule has 2 bridgehead atoms. The maximum atomic E-state index is 15.9. The molecule has 4 aromatic rings. The Balaban J connectivity index is 1.20.